The molecule has 1 unspecified atom stereocenters. The van der Waals surface area contributed by atoms with Crippen molar-refractivity contribution in [3.8, 4) is 0 Å². The van der Waals surface area contributed by atoms with Crippen LogP contribution in [0.1, 0.15) is 30.5 Å². The van der Waals surface area contributed by atoms with Gasteiger partial charge in [0.2, 0.25) is 5.89 Å². The average Bonchev–Trinajstić information content (AvgIpc) is 2.97. The Morgan fingerprint density at radius 2 is 2.14 bits per heavy atom. The van der Waals surface area contributed by atoms with Crippen LogP contribution in [0, 0.1) is 0 Å². The lowest BCUT2D eigenvalue weighted by molar-refractivity contribution is 0.0327. The van der Waals surface area contributed by atoms with Gasteiger partial charge in [-0.05, 0) is 12.8 Å². The highest BCUT2D eigenvalue weighted by atomic mass is 16.5. The topological polar surface area (TPSA) is 97.7 Å². The van der Waals surface area contributed by atoms with Gasteiger partial charge in [-0.15, -0.1) is 0 Å². The second kappa shape index (κ2) is 6.40. The maximum absolute atomic E-state index is 11.3. The maximum atomic E-state index is 11.3. The number of likely N-dealkylation sites (tertiary alicyclic amines) is 1. The number of piperidine rings is 1. The van der Waals surface area contributed by atoms with Crippen LogP contribution in [-0.4, -0.2) is 65.4 Å². The van der Waals surface area contributed by atoms with Gasteiger partial charge in [-0.1, -0.05) is 5.16 Å². The average molecular weight is 295 g/mol. The highest BCUT2D eigenvalue weighted by molar-refractivity contribution is 5.72. The number of nitrogens with two attached hydrogens (primary N) is 1. The van der Waals surface area contributed by atoms with Gasteiger partial charge in [0.15, 0.2) is 5.82 Å². The fraction of sp³-hybridized carbons (Fsp3) is 0.769. The zero-order valence-corrected chi connectivity index (χ0v) is 12.0. The first-order valence-electron chi connectivity index (χ1n) is 7.39. The van der Waals surface area contributed by atoms with Crippen molar-refractivity contribution >= 4 is 6.03 Å². The van der Waals surface area contributed by atoms with E-state index in [9.17, 15) is 4.79 Å². The largest absolute Gasteiger partial charge is 0.379 e. The van der Waals surface area contributed by atoms with Gasteiger partial charge in [-0.3, -0.25) is 4.90 Å². The molecule has 3 heterocycles. The molecule has 0 saturated carbocycles. The fourth-order valence-electron chi connectivity index (χ4n) is 2.84. The molecule has 21 heavy (non-hydrogen) atoms. The van der Waals surface area contributed by atoms with Crippen molar-refractivity contribution in [3.05, 3.63) is 11.7 Å². The van der Waals surface area contributed by atoms with Gasteiger partial charge in [0.25, 0.3) is 0 Å². The predicted molar refractivity (Wildman–Crippen MR) is 73.5 cm³/mol. The third kappa shape index (κ3) is 3.51. The smallest absolute Gasteiger partial charge is 0.314 e. The molecule has 0 spiro atoms. The van der Waals surface area contributed by atoms with Crippen molar-refractivity contribution < 1.29 is 14.1 Å². The third-order valence-electron chi connectivity index (χ3n) is 4.03. The molecule has 2 amide bonds. The minimum Gasteiger partial charge on any atom is -0.379 e. The van der Waals surface area contributed by atoms with Crippen LogP contribution in [0.25, 0.3) is 0 Å². The van der Waals surface area contributed by atoms with E-state index in [-0.39, 0.29) is 11.9 Å². The van der Waals surface area contributed by atoms with E-state index in [4.69, 9.17) is 15.0 Å². The summed E-state index contributed by atoms with van der Waals surface area (Å²) in [5.74, 6) is 1.41. The maximum Gasteiger partial charge on any atom is 0.314 e. The van der Waals surface area contributed by atoms with Gasteiger partial charge < -0.3 is 19.9 Å². The molecule has 8 nitrogen and oxygen atoms in total. The number of primary amides is 1. The summed E-state index contributed by atoms with van der Waals surface area (Å²) in [6.07, 6.45) is 1.86. The summed E-state index contributed by atoms with van der Waals surface area (Å²) in [7, 11) is 0. The zero-order chi connectivity index (χ0) is 14.7. The number of carbonyl (C=O) groups excluding carboxylic acids is 1. The van der Waals surface area contributed by atoms with Gasteiger partial charge >= 0.3 is 6.03 Å². The number of hydrogen-bond acceptors (Lipinski definition) is 6. The quantitative estimate of drug-likeness (QED) is 0.853. The monoisotopic (exact) mass is 295 g/mol. The minimum absolute atomic E-state index is 0.0946. The summed E-state index contributed by atoms with van der Waals surface area (Å²) < 4.78 is 10.7. The molecule has 0 aliphatic carbocycles. The molecular formula is C13H21N5O3. The number of rotatable bonds is 3. The Labute approximate surface area is 123 Å². The van der Waals surface area contributed by atoms with Crippen molar-refractivity contribution in [1.29, 1.82) is 0 Å². The molecule has 0 bridgehead atoms. The first-order valence-corrected chi connectivity index (χ1v) is 7.39. The second-order valence-corrected chi connectivity index (χ2v) is 5.56. The molecule has 2 saturated heterocycles. The Morgan fingerprint density at radius 3 is 2.90 bits per heavy atom. The van der Waals surface area contributed by atoms with Crippen molar-refractivity contribution in [2.24, 2.45) is 5.73 Å². The summed E-state index contributed by atoms with van der Waals surface area (Å²) in [4.78, 5) is 19.6. The van der Waals surface area contributed by atoms with Gasteiger partial charge in [0.1, 0.15) is 0 Å². The summed E-state index contributed by atoms with van der Waals surface area (Å²) >= 11 is 0. The molecule has 2 aliphatic heterocycles. The number of aromatic nitrogens is 2. The van der Waals surface area contributed by atoms with E-state index in [0.717, 1.165) is 39.1 Å². The molecule has 1 aromatic rings. The summed E-state index contributed by atoms with van der Waals surface area (Å²) in [6, 6.07) is -0.382. The predicted octanol–water partition coefficient (Wildman–Crippen LogP) is 0.160. The summed E-state index contributed by atoms with van der Waals surface area (Å²) in [5, 5.41) is 4.05. The number of carbonyl (C=O) groups is 1. The SMILES string of the molecule is NC(=O)N1CCCC(c2nc(CN3CCOCC3)no2)C1. The number of ether oxygens (including phenoxy) is 1. The molecule has 1 aromatic heterocycles. The van der Waals surface area contributed by atoms with E-state index >= 15 is 0 Å². The van der Waals surface area contributed by atoms with E-state index in [1.807, 2.05) is 0 Å². The Bertz CT molecular complexity index is 486. The number of hydrogen-bond donors (Lipinski definition) is 1. The molecule has 2 fully saturated rings. The molecule has 0 radical (unpaired) electrons. The lowest BCUT2D eigenvalue weighted by atomic mass is 9.98. The van der Waals surface area contributed by atoms with Crippen LogP contribution < -0.4 is 5.73 Å². The molecule has 0 aromatic carbocycles. The van der Waals surface area contributed by atoms with Gasteiger partial charge in [0, 0.05) is 26.2 Å². The van der Waals surface area contributed by atoms with Gasteiger partial charge in [0.05, 0.1) is 25.7 Å². The molecule has 2 N–H and O–H groups in total. The Hall–Kier alpha value is -1.67. The molecule has 3 rings (SSSR count). The van der Waals surface area contributed by atoms with E-state index in [0.29, 0.717) is 31.3 Å². The van der Waals surface area contributed by atoms with Crippen molar-refractivity contribution in [2.45, 2.75) is 25.3 Å². The van der Waals surface area contributed by atoms with E-state index in [2.05, 4.69) is 15.0 Å². The number of morpholine rings is 1. The number of amides is 2. The minimum atomic E-state index is -0.382. The van der Waals surface area contributed by atoms with Crippen LogP contribution in [0.3, 0.4) is 0 Å². The van der Waals surface area contributed by atoms with Crippen LogP contribution in [0.2, 0.25) is 0 Å². The van der Waals surface area contributed by atoms with Crippen LogP contribution in [-0.2, 0) is 11.3 Å². The number of urea groups is 1. The normalized spacial score (nSPS) is 24.2. The molecular weight excluding hydrogens is 274 g/mol. The van der Waals surface area contributed by atoms with Crippen LogP contribution in [0.15, 0.2) is 4.52 Å². The Morgan fingerprint density at radius 1 is 1.33 bits per heavy atom. The second-order valence-electron chi connectivity index (χ2n) is 5.56. The van der Waals surface area contributed by atoms with E-state index in [1.54, 1.807) is 4.90 Å². The molecule has 116 valence electrons. The van der Waals surface area contributed by atoms with Crippen LogP contribution in [0.5, 0.6) is 0 Å². The lowest BCUT2D eigenvalue weighted by Gasteiger charge is -2.29. The molecule has 1 atom stereocenters. The molecule has 2 aliphatic rings. The highest BCUT2D eigenvalue weighted by Crippen LogP contribution is 2.25. The van der Waals surface area contributed by atoms with Crippen molar-refractivity contribution in [2.75, 3.05) is 39.4 Å². The van der Waals surface area contributed by atoms with E-state index < -0.39 is 0 Å². The van der Waals surface area contributed by atoms with Gasteiger partial charge in [-0.2, -0.15) is 4.98 Å². The van der Waals surface area contributed by atoms with Crippen LogP contribution >= 0.6 is 0 Å². The van der Waals surface area contributed by atoms with Crippen LogP contribution in [0.4, 0.5) is 4.79 Å². The van der Waals surface area contributed by atoms with Crippen molar-refractivity contribution in [1.82, 2.24) is 19.9 Å². The zero-order valence-electron chi connectivity index (χ0n) is 12.0. The lowest BCUT2D eigenvalue weighted by Crippen LogP contribution is -2.42. The Balaban J connectivity index is 1.60. The highest BCUT2D eigenvalue weighted by Gasteiger charge is 2.27. The summed E-state index contributed by atoms with van der Waals surface area (Å²) in [5.41, 5.74) is 5.34. The molecule has 8 heteroatoms. The number of nitrogens with zero attached hydrogens (tertiary/aromatic N) is 4. The van der Waals surface area contributed by atoms with Gasteiger partial charge in [-0.25, -0.2) is 4.79 Å². The summed E-state index contributed by atoms with van der Waals surface area (Å²) in [6.45, 7) is 5.24. The van der Waals surface area contributed by atoms with E-state index in [1.165, 1.54) is 0 Å². The third-order valence-corrected chi connectivity index (χ3v) is 4.03. The first-order chi connectivity index (χ1) is 10.2. The van der Waals surface area contributed by atoms with Crippen molar-refractivity contribution in [3.63, 3.8) is 0 Å². The first kappa shape index (κ1) is 14.3. The Kier molecular flexibility index (Phi) is 4.35. The fourth-order valence-corrected chi connectivity index (χ4v) is 2.84. The standard InChI is InChI=1S/C13H21N5O3/c14-13(19)18-3-1-2-10(8-18)12-15-11(16-21-12)9-17-4-6-20-7-5-17/h10H,1-9H2,(H2,14,19).